The zero-order chi connectivity index (χ0) is 35.1. The minimum atomic E-state index is -0.418. The maximum Gasteiger partial charge on any atom is 0.217 e. The van der Waals surface area contributed by atoms with Gasteiger partial charge in [0.05, 0.1) is 61.4 Å². The van der Waals surface area contributed by atoms with Gasteiger partial charge in [-0.3, -0.25) is 9.59 Å². The summed E-state index contributed by atoms with van der Waals surface area (Å²) in [7, 11) is 6.18. The Morgan fingerprint density at radius 3 is 1.26 bits per heavy atom. The Morgan fingerprint density at radius 1 is 0.520 bits per heavy atom. The fourth-order valence-corrected chi connectivity index (χ4v) is 6.86. The molecule has 0 aliphatic rings. The molecule has 0 amide bonds. The maximum absolute atomic E-state index is 14.5. The number of ether oxygens (including phenoxy) is 4. The fraction of sp³-hybridized carbons (Fsp3) is 0.146. The van der Waals surface area contributed by atoms with E-state index in [2.05, 4.69) is 15.0 Å². The monoisotopic (exact) mass is 665 g/mol. The second-order valence-electron chi connectivity index (χ2n) is 11.9. The third kappa shape index (κ3) is 5.15. The molecule has 0 saturated carbocycles. The third-order valence-electron chi connectivity index (χ3n) is 9.06. The largest absolute Gasteiger partial charge is 0.496 e. The number of pyridine rings is 1. The molecule has 0 aliphatic heterocycles. The molecule has 9 heteroatoms. The number of rotatable bonds is 10. The lowest BCUT2D eigenvalue weighted by atomic mass is 9.96. The van der Waals surface area contributed by atoms with E-state index < -0.39 is 11.6 Å². The van der Waals surface area contributed by atoms with E-state index in [1.165, 1.54) is 14.2 Å². The number of hydrogen-bond donors (Lipinski definition) is 2. The first-order chi connectivity index (χ1) is 24.3. The van der Waals surface area contributed by atoms with Gasteiger partial charge in [-0.15, -0.1) is 0 Å². The van der Waals surface area contributed by atoms with E-state index in [9.17, 15) is 9.59 Å². The van der Waals surface area contributed by atoms with Gasteiger partial charge in [0.2, 0.25) is 11.6 Å². The lowest BCUT2D eigenvalue weighted by Crippen LogP contribution is -2.13. The second kappa shape index (κ2) is 12.9. The molecule has 0 bridgehead atoms. The predicted octanol–water partition coefficient (Wildman–Crippen LogP) is 8.49. The van der Waals surface area contributed by atoms with Crippen molar-refractivity contribution < 1.29 is 28.5 Å². The van der Waals surface area contributed by atoms with Gasteiger partial charge in [-0.2, -0.15) is 0 Å². The summed E-state index contributed by atoms with van der Waals surface area (Å²) in [4.78, 5) is 40.4. The molecule has 3 heterocycles. The van der Waals surface area contributed by atoms with Gasteiger partial charge in [0.1, 0.15) is 34.4 Å². The number of aromatic nitrogens is 3. The molecule has 0 spiro atoms. The zero-order valence-corrected chi connectivity index (χ0v) is 28.6. The van der Waals surface area contributed by atoms with E-state index in [0.29, 0.717) is 34.0 Å². The molecule has 0 radical (unpaired) electrons. The Bertz CT molecular complexity index is 2260. The minimum absolute atomic E-state index is 0.0745. The number of benzene rings is 4. The van der Waals surface area contributed by atoms with Crippen LogP contribution in [0.2, 0.25) is 0 Å². The Balaban J connectivity index is 1.38. The van der Waals surface area contributed by atoms with E-state index in [4.69, 9.17) is 18.9 Å². The fourth-order valence-electron chi connectivity index (χ4n) is 6.86. The van der Waals surface area contributed by atoms with Gasteiger partial charge in [-0.25, -0.2) is 4.98 Å². The van der Waals surface area contributed by atoms with Crippen LogP contribution in [-0.2, 0) is 0 Å². The average Bonchev–Trinajstić information content (AvgIpc) is 3.69. The van der Waals surface area contributed by atoms with E-state index in [1.54, 1.807) is 44.6 Å². The van der Waals surface area contributed by atoms with Crippen molar-refractivity contribution in [2.45, 2.75) is 13.8 Å². The number of fused-ring (bicyclic) bond motifs is 2. The van der Waals surface area contributed by atoms with E-state index in [0.717, 1.165) is 44.4 Å². The summed E-state index contributed by atoms with van der Waals surface area (Å²) in [5, 5.41) is 1.49. The van der Waals surface area contributed by atoms with E-state index in [-0.39, 0.29) is 22.5 Å². The first kappa shape index (κ1) is 32.2. The SMILES string of the molecule is COc1cc(OC)c2c(-c3ccccc3)c(C)[nH]c2c1C(=O)c1cccc(C(=O)c2c(OC)cc(OC)c3c(-c4ccccc4)c(C)[nH]c23)n1. The lowest BCUT2D eigenvalue weighted by molar-refractivity contribution is 0.102. The van der Waals surface area contributed by atoms with E-state index >= 15 is 0 Å². The summed E-state index contributed by atoms with van der Waals surface area (Å²) < 4.78 is 23.1. The topological polar surface area (TPSA) is 116 Å². The lowest BCUT2D eigenvalue weighted by Gasteiger charge is -2.14. The third-order valence-corrected chi connectivity index (χ3v) is 9.06. The summed E-state index contributed by atoms with van der Waals surface area (Å²) in [6.45, 7) is 3.91. The number of aromatic amines is 2. The molecule has 4 aromatic carbocycles. The molecule has 0 aliphatic carbocycles. The molecule has 0 atom stereocenters. The standard InChI is InChI=1S/C41H35N3O6/c1-22-32(24-14-9-7-10-15-24)34-28(47-3)20-30(49-5)36(38(34)42-22)40(45)26-18-13-19-27(44-26)41(46)37-31(50-6)21-29(48-4)35-33(23(2)43-39(35)37)25-16-11-8-12-17-25/h7-21,42-43H,1-6H3. The van der Waals surface area contributed by atoms with Crippen LogP contribution in [0, 0.1) is 13.8 Å². The molecule has 50 heavy (non-hydrogen) atoms. The molecule has 0 fully saturated rings. The number of H-pyrrole nitrogens is 2. The molecule has 0 unspecified atom stereocenters. The summed E-state index contributed by atoms with van der Waals surface area (Å²) in [6, 6.07) is 28.1. The van der Waals surface area contributed by atoms with Gasteiger partial charge in [-0.1, -0.05) is 66.7 Å². The molecule has 9 nitrogen and oxygen atoms in total. The van der Waals surface area contributed by atoms with Crippen LogP contribution >= 0.6 is 0 Å². The molecule has 250 valence electrons. The van der Waals surface area contributed by atoms with Crippen molar-refractivity contribution in [3.05, 3.63) is 125 Å². The highest BCUT2D eigenvalue weighted by atomic mass is 16.5. The van der Waals surface area contributed by atoms with Crippen molar-refractivity contribution in [1.29, 1.82) is 0 Å². The second-order valence-corrected chi connectivity index (χ2v) is 11.9. The summed E-state index contributed by atoms with van der Waals surface area (Å²) >= 11 is 0. The van der Waals surface area contributed by atoms with Crippen molar-refractivity contribution in [1.82, 2.24) is 15.0 Å². The van der Waals surface area contributed by atoms with Crippen LogP contribution in [0.5, 0.6) is 23.0 Å². The zero-order valence-electron chi connectivity index (χ0n) is 28.6. The number of hydrogen-bond acceptors (Lipinski definition) is 7. The molecule has 0 saturated heterocycles. The number of ketones is 2. The molecule has 3 aromatic heterocycles. The van der Waals surface area contributed by atoms with Crippen molar-refractivity contribution in [2.24, 2.45) is 0 Å². The van der Waals surface area contributed by atoms with Crippen LogP contribution in [0.1, 0.15) is 43.5 Å². The van der Waals surface area contributed by atoms with Gasteiger partial charge in [0.15, 0.2) is 0 Å². The highest BCUT2D eigenvalue weighted by Crippen LogP contribution is 2.45. The quantitative estimate of drug-likeness (QED) is 0.141. The van der Waals surface area contributed by atoms with Crippen LogP contribution in [0.15, 0.2) is 91.0 Å². The summed E-state index contributed by atoms with van der Waals surface area (Å²) in [6.07, 6.45) is 0. The molecule has 7 rings (SSSR count). The number of aryl methyl sites for hydroxylation is 2. The average molecular weight is 666 g/mol. The summed E-state index contributed by atoms with van der Waals surface area (Å²) in [5.41, 5.74) is 7.30. The van der Waals surface area contributed by atoms with Gasteiger partial charge in [-0.05, 0) is 37.1 Å². The Kier molecular flexibility index (Phi) is 8.33. The normalized spacial score (nSPS) is 11.2. The van der Waals surface area contributed by atoms with Gasteiger partial charge >= 0.3 is 0 Å². The van der Waals surface area contributed by atoms with Gasteiger partial charge in [0.25, 0.3) is 0 Å². The van der Waals surface area contributed by atoms with Crippen molar-refractivity contribution in [3.63, 3.8) is 0 Å². The number of nitrogens with zero attached hydrogens (tertiary/aromatic N) is 1. The number of methoxy groups -OCH3 is 4. The van der Waals surface area contributed by atoms with Gasteiger partial charge < -0.3 is 28.9 Å². The van der Waals surface area contributed by atoms with Crippen molar-refractivity contribution in [3.8, 4) is 45.3 Å². The summed E-state index contributed by atoms with van der Waals surface area (Å²) in [5.74, 6) is 0.901. The van der Waals surface area contributed by atoms with E-state index in [1.807, 2.05) is 74.5 Å². The Hall–Kier alpha value is -6.35. The highest BCUT2D eigenvalue weighted by Gasteiger charge is 2.29. The minimum Gasteiger partial charge on any atom is -0.496 e. The van der Waals surface area contributed by atoms with Crippen LogP contribution in [-0.4, -0.2) is 55.0 Å². The van der Waals surface area contributed by atoms with Gasteiger partial charge in [0, 0.05) is 34.6 Å². The molecule has 7 aromatic rings. The van der Waals surface area contributed by atoms with Crippen LogP contribution in [0.3, 0.4) is 0 Å². The van der Waals surface area contributed by atoms with Crippen molar-refractivity contribution in [2.75, 3.05) is 28.4 Å². The predicted molar refractivity (Wildman–Crippen MR) is 194 cm³/mol. The van der Waals surface area contributed by atoms with Crippen molar-refractivity contribution >= 4 is 33.4 Å². The first-order valence-electron chi connectivity index (χ1n) is 16.0. The van der Waals surface area contributed by atoms with Crippen LogP contribution < -0.4 is 18.9 Å². The Labute approximate surface area is 288 Å². The molecule has 2 N–H and O–H groups in total. The smallest absolute Gasteiger partial charge is 0.217 e. The highest BCUT2D eigenvalue weighted by molar-refractivity contribution is 6.22. The number of nitrogens with one attached hydrogen (secondary N) is 2. The first-order valence-corrected chi connectivity index (χ1v) is 16.0. The number of carbonyl (C=O) groups is 2. The van der Waals surface area contributed by atoms with Crippen LogP contribution in [0.25, 0.3) is 44.1 Å². The molecular formula is C41H35N3O6. The maximum atomic E-state index is 14.5. The van der Waals surface area contributed by atoms with Crippen LogP contribution in [0.4, 0.5) is 0 Å². The Morgan fingerprint density at radius 2 is 0.900 bits per heavy atom. The molecular weight excluding hydrogens is 630 g/mol. The number of carbonyl (C=O) groups excluding carboxylic acids is 2.